The Morgan fingerprint density at radius 2 is 1.95 bits per heavy atom. The maximum absolute atomic E-state index is 3.78. The molecule has 0 amide bonds. The second-order valence-corrected chi connectivity index (χ2v) is 6.63. The molecule has 1 aliphatic carbocycles. The van der Waals surface area contributed by atoms with Crippen LogP contribution in [0.5, 0.6) is 0 Å². The predicted molar refractivity (Wildman–Crippen MR) is 82.6 cm³/mol. The first kappa shape index (κ1) is 15.3. The van der Waals surface area contributed by atoms with E-state index in [1.54, 1.807) is 0 Å². The molecule has 2 aliphatic rings. The van der Waals surface area contributed by atoms with Crippen LogP contribution in [0.15, 0.2) is 0 Å². The van der Waals surface area contributed by atoms with E-state index in [2.05, 4.69) is 36.1 Å². The fourth-order valence-corrected chi connectivity index (χ4v) is 3.88. The standard InChI is InChI=1S/C16H33N3/c1-4-11-17-15-9-5-6-10-16(15)19(3)13-14-8-7-12-18(14)2/h14-17H,4-13H2,1-3H3. The molecule has 0 radical (unpaired) electrons. The Hall–Kier alpha value is -0.120. The van der Waals surface area contributed by atoms with Gasteiger partial charge in [-0.05, 0) is 59.3 Å². The average Bonchev–Trinajstić information content (AvgIpc) is 2.82. The van der Waals surface area contributed by atoms with E-state index in [-0.39, 0.29) is 0 Å². The third-order valence-electron chi connectivity index (χ3n) is 5.12. The van der Waals surface area contributed by atoms with Gasteiger partial charge >= 0.3 is 0 Å². The molecule has 3 atom stereocenters. The Morgan fingerprint density at radius 3 is 2.63 bits per heavy atom. The van der Waals surface area contributed by atoms with Gasteiger partial charge in [0, 0.05) is 24.7 Å². The van der Waals surface area contributed by atoms with E-state index >= 15 is 0 Å². The molecule has 1 aliphatic heterocycles. The van der Waals surface area contributed by atoms with Crippen molar-refractivity contribution in [2.75, 3.05) is 33.7 Å². The zero-order valence-electron chi connectivity index (χ0n) is 13.2. The minimum absolute atomic E-state index is 0.727. The van der Waals surface area contributed by atoms with Gasteiger partial charge in [0.25, 0.3) is 0 Å². The Kier molecular flexibility index (Phi) is 6.11. The number of rotatable bonds is 6. The first-order valence-corrected chi connectivity index (χ1v) is 8.36. The van der Waals surface area contributed by atoms with Crippen LogP contribution >= 0.6 is 0 Å². The Morgan fingerprint density at radius 1 is 1.16 bits per heavy atom. The first-order chi connectivity index (χ1) is 9.22. The number of hydrogen-bond acceptors (Lipinski definition) is 3. The minimum atomic E-state index is 0.727. The molecule has 19 heavy (non-hydrogen) atoms. The second-order valence-electron chi connectivity index (χ2n) is 6.63. The van der Waals surface area contributed by atoms with Crippen LogP contribution in [0.1, 0.15) is 51.9 Å². The number of nitrogens with one attached hydrogen (secondary N) is 1. The van der Waals surface area contributed by atoms with Crippen LogP contribution in [0.4, 0.5) is 0 Å². The molecule has 3 heteroatoms. The Balaban J connectivity index is 1.85. The SMILES string of the molecule is CCCNC1CCCCC1N(C)CC1CCCN1C. The van der Waals surface area contributed by atoms with Gasteiger partial charge in [-0.3, -0.25) is 0 Å². The summed E-state index contributed by atoms with van der Waals surface area (Å²) in [6.07, 6.45) is 9.61. The molecule has 0 aromatic carbocycles. The Bertz CT molecular complexity index is 256. The zero-order valence-corrected chi connectivity index (χ0v) is 13.2. The van der Waals surface area contributed by atoms with Gasteiger partial charge in [-0.15, -0.1) is 0 Å². The van der Waals surface area contributed by atoms with Crippen LogP contribution in [0.3, 0.4) is 0 Å². The molecule has 2 fully saturated rings. The van der Waals surface area contributed by atoms with E-state index in [4.69, 9.17) is 0 Å². The zero-order chi connectivity index (χ0) is 13.7. The first-order valence-electron chi connectivity index (χ1n) is 8.36. The summed E-state index contributed by atoms with van der Waals surface area (Å²) in [4.78, 5) is 5.20. The van der Waals surface area contributed by atoms with Gasteiger partial charge < -0.3 is 15.1 Å². The molecule has 0 aromatic rings. The van der Waals surface area contributed by atoms with E-state index in [0.717, 1.165) is 18.1 Å². The molecule has 3 unspecified atom stereocenters. The second kappa shape index (κ2) is 7.61. The van der Waals surface area contributed by atoms with Crippen molar-refractivity contribution in [3.63, 3.8) is 0 Å². The molecular weight excluding hydrogens is 234 g/mol. The lowest BCUT2D eigenvalue weighted by molar-refractivity contribution is 0.120. The fraction of sp³-hybridized carbons (Fsp3) is 1.00. The van der Waals surface area contributed by atoms with Crippen molar-refractivity contribution in [3.05, 3.63) is 0 Å². The molecule has 1 N–H and O–H groups in total. The van der Waals surface area contributed by atoms with Gasteiger partial charge in [0.05, 0.1) is 0 Å². The van der Waals surface area contributed by atoms with Crippen LogP contribution < -0.4 is 5.32 Å². The number of likely N-dealkylation sites (tertiary alicyclic amines) is 1. The molecule has 3 nitrogen and oxygen atoms in total. The number of likely N-dealkylation sites (N-methyl/N-ethyl adjacent to an activating group) is 2. The van der Waals surface area contributed by atoms with E-state index in [1.807, 2.05) is 0 Å². The molecule has 112 valence electrons. The maximum atomic E-state index is 3.78. The summed E-state index contributed by atoms with van der Waals surface area (Å²) < 4.78 is 0. The van der Waals surface area contributed by atoms with Crippen molar-refractivity contribution in [1.29, 1.82) is 0 Å². The number of nitrogens with zero attached hydrogens (tertiary/aromatic N) is 2. The third kappa shape index (κ3) is 4.17. The smallest absolute Gasteiger partial charge is 0.0246 e. The third-order valence-corrected chi connectivity index (χ3v) is 5.12. The summed E-state index contributed by atoms with van der Waals surface area (Å²) in [6, 6.07) is 2.28. The molecule has 0 bridgehead atoms. The van der Waals surface area contributed by atoms with Crippen molar-refractivity contribution < 1.29 is 0 Å². The van der Waals surface area contributed by atoms with Crippen LogP contribution in [0.25, 0.3) is 0 Å². The van der Waals surface area contributed by atoms with Gasteiger partial charge in [-0.25, -0.2) is 0 Å². The largest absolute Gasteiger partial charge is 0.312 e. The lowest BCUT2D eigenvalue weighted by Gasteiger charge is -2.40. The molecule has 0 spiro atoms. The van der Waals surface area contributed by atoms with E-state index in [1.165, 1.54) is 64.6 Å². The number of hydrogen-bond donors (Lipinski definition) is 1. The maximum Gasteiger partial charge on any atom is 0.0246 e. The summed E-state index contributed by atoms with van der Waals surface area (Å²) in [7, 11) is 4.64. The van der Waals surface area contributed by atoms with Crippen molar-refractivity contribution >= 4 is 0 Å². The Labute approximate surface area is 119 Å². The summed E-state index contributed by atoms with van der Waals surface area (Å²) in [5, 5.41) is 3.78. The molecule has 0 aromatic heterocycles. The van der Waals surface area contributed by atoms with Crippen LogP contribution in [0.2, 0.25) is 0 Å². The van der Waals surface area contributed by atoms with Crippen LogP contribution in [0, 0.1) is 0 Å². The van der Waals surface area contributed by atoms with Crippen molar-refractivity contribution in [2.45, 2.75) is 70.0 Å². The van der Waals surface area contributed by atoms with Crippen molar-refractivity contribution in [2.24, 2.45) is 0 Å². The normalized spacial score (nSPS) is 33.2. The highest BCUT2D eigenvalue weighted by Gasteiger charge is 2.30. The van der Waals surface area contributed by atoms with Crippen LogP contribution in [-0.2, 0) is 0 Å². The van der Waals surface area contributed by atoms with Gasteiger partial charge in [0.2, 0.25) is 0 Å². The molecular formula is C16H33N3. The summed E-state index contributed by atoms with van der Waals surface area (Å²) in [5.74, 6) is 0. The molecule has 1 saturated carbocycles. The fourth-order valence-electron chi connectivity index (χ4n) is 3.88. The van der Waals surface area contributed by atoms with Crippen molar-refractivity contribution in [1.82, 2.24) is 15.1 Å². The monoisotopic (exact) mass is 267 g/mol. The van der Waals surface area contributed by atoms with Crippen LogP contribution in [-0.4, -0.2) is 61.7 Å². The lowest BCUT2D eigenvalue weighted by Crippen LogP contribution is -2.53. The van der Waals surface area contributed by atoms with E-state index in [9.17, 15) is 0 Å². The lowest BCUT2D eigenvalue weighted by atomic mass is 9.89. The summed E-state index contributed by atoms with van der Waals surface area (Å²) in [6.45, 7) is 5.99. The average molecular weight is 267 g/mol. The molecule has 2 rings (SSSR count). The van der Waals surface area contributed by atoms with E-state index < -0.39 is 0 Å². The van der Waals surface area contributed by atoms with Gasteiger partial charge in [-0.1, -0.05) is 19.8 Å². The van der Waals surface area contributed by atoms with Gasteiger partial charge in [0.15, 0.2) is 0 Å². The minimum Gasteiger partial charge on any atom is -0.312 e. The van der Waals surface area contributed by atoms with Gasteiger partial charge in [0.1, 0.15) is 0 Å². The highest BCUT2D eigenvalue weighted by molar-refractivity contribution is 4.89. The van der Waals surface area contributed by atoms with Crippen molar-refractivity contribution in [3.8, 4) is 0 Å². The molecule has 1 saturated heterocycles. The summed E-state index contributed by atoms with van der Waals surface area (Å²) >= 11 is 0. The van der Waals surface area contributed by atoms with E-state index in [0.29, 0.717) is 0 Å². The highest BCUT2D eigenvalue weighted by atomic mass is 15.2. The highest BCUT2D eigenvalue weighted by Crippen LogP contribution is 2.24. The quantitative estimate of drug-likeness (QED) is 0.797. The summed E-state index contributed by atoms with van der Waals surface area (Å²) in [5.41, 5.74) is 0. The predicted octanol–water partition coefficient (Wildman–Crippen LogP) is 2.32. The topological polar surface area (TPSA) is 18.5 Å². The molecule has 1 heterocycles. The van der Waals surface area contributed by atoms with Gasteiger partial charge in [-0.2, -0.15) is 0 Å².